The van der Waals surface area contributed by atoms with Crippen molar-refractivity contribution >= 4 is 11.3 Å². The second-order valence-corrected chi connectivity index (χ2v) is 6.17. The zero-order chi connectivity index (χ0) is 15.1. The maximum Gasteiger partial charge on any atom is 0.216 e. The van der Waals surface area contributed by atoms with E-state index in [1.54, 1.807) is 13.4 Å². The Balaban J connectivity index is 2.16. The van der Waals surface area contributed by atoms with Crippen molar-refractivity contribution in [3.05, 3.63) is 40.0 Å². The highest BCUT2D eigenvalue weighted by molar-refractivity contribution is 7.11. The van der Waals surface area contributed by atoms with Crippen LogP contribution in [-0.2, 0) is 12.8 Å². The normalized spacial score (nSPS) is 12.3. The van der Waals surface area contributed by atoms with Crippen molar-refractivity contribution in [2.24, 2.45) is 0 Å². The van der Waals surface area contributed by atoms with Crippen LogP contribution in [-0.4, -0.2) is 23.6 Å². The molecule has 0 radical (unpaired) electrons. The molecule has 1 N–H and O–H groups in total. The lowest BCUT2D eigenvalue weighted by molar-refractivity contribution is 0.393. The Morgan fingerprint density at radius 3 is 2.71 bits per heavy atom. The first-order valence-corrected chi connectivity index (χ1v) is 8.25. The predicted octanol–water partition coefficient (Wildman–Crippen LogP) is 3.39. The van der Waals surface area contributed by atoms with Crippen molar-refractivity contribution in [2.45, 2.75) is 39.2 Å². The van der Waals surface area contributed by atoms with E-state index in [0.717, 1.165) is 31.5 Å². The van der Waals surface area contributed by atoms with E-state index in [0.29, 0.717) is 5.88 Å². The van der Waals surface area contributed by atoms with Gasteiger partial charge in [0.2, 0.25) is 5.88 Å². The molecule has 0 saturated heterocycles. The Kier molecular flexibility index (Phi) is 6.14. The summed E-state index contributed by atoms with van der Waals surface area (Å²) >= 11 is 1.88. The van der Waals surface area contributed by atoms with Crippen LogP contribution >= 0.6 is 11.3 Å². The molecule has 114 valence electrons. The Bertz CT molecular complexity index is 556. The van der Waals surface area contributed by atoms with Crippen LogP contribution in [0.4, 0.5) is 0 Å². The van der Waals surface area contributed by atoms with Crippen LogP contribution in [0.5, 0.6) is 5.88 Å². The van der Waals surface area contributed by atoms with Gasteiger partial charge in [0.05, 0.1) is 18.8 Å². The molecule has 0 saturated carbocycles. The van der Waals surface area contributed by atoms with Crippen molar-refractivity contribution < 1.29 is 4.74 Å². The van der Waals surface area contributed by atoms with Gasteiger partial charge in [-0.1, -0.05) is 13.8 Å². The third-order valence-electron chi connectivity index (χ3n) is 3.34. The molecule has 1 atom stereocenters. The Hall–Kier alpha value is -1.46. The first-order chi connectivity index (χ1) is 10.3. The molecule has 0 fully saturated rings. The summed E-state index contributed by atoms with van der Waals surface area (Å²) < 4.78 is 5.20. The second-order valence-electron chi connectivity index (χ2n) is 4.92. The maximum absolute atomic E-state index is 5.20. The number of thiophene rings is 1. The highest BCUT2D eigenvalue weighted by Gasteiger charge is 2.15. The minimum absolute atomic E-state index is 0.199. The molecule has 0 bridgehead atoms. The molecular weight excluding hydrogens is 282 g/mol. The van der Waals surface area contributed by atoms with Gasteiger partial charge < -0.3 is 10.1 Å². The molecule has 0 amide bonds. The van der Waals surface area contributed by atoms with Gasteiger partial charge in [-0.05, 0) is 31.5 Å². The highest BCUT2D eigenvalue weighted by Crippen LogP contribution is 2.24. The molecule has 0 aromatic carbocycles. The summed E-state index contributed by atoms with van der Waals surface area (Å²) in [6, 6.07) is 6.56. The Labute approximate surface area is 130 Å². The van der Waals surface area contributed by atoms with Gasteiger partial charge in [0, 0.05) is 22.2 Å². The summed E-state index contributed by atoms with van der Waals surface area (Å²) in [6.45, 7) is 5.34. The number of rotatable bonds is 8. The number of aromatic nitrogens is 2. The number of nitrogens with one attached hydrogen (secondary N) is 1. The first kappa shape index (κ1) is 15.9. The van der Waals surface area contributed by atoms with Crippen LogP contribution in [0.3, 0.4) is 0 Å². The van der Waals surface area contributed by atoms with Crippen LogP contribution in [0, 0.1) is 0 Å². The van der Waals surface area contributed by atoms with Gasteiger partial charge in [-0.15, -0.1) is 11.3 Å². The lowest BCUT2D eigenvalue weighted by Crippen LogP contribution is -2.24. The van der Waals surface area contributed by atoms with Gasteiger partial charge in [-0.3, -0.25) is 0 Å². The second kappa shape index (κ2) is 8.10. The van der Waals surface area contributed by atoms with E-state index in [9.17, 15) is 0 Å². The zero-order valence-corrected chi connectivity index (χ0v) is 13.7. The van der Waals surface area contributed by atoms with Crippen LogP contribution in [0.1, 0.15) is 41.8 Å². The summed E-state index contributed by atoms with van der Waals surface area (Å²) in [5, 5.41) is 3.57. The fraction of sp³-hybridized carbons (Fsp3) is 0.500. The lowest BCUT2D eigenvalue weighted by Gasteiger charge is -2.17. The molecule has 0 aliphatic carbocycles. The summed E-state index contributed by atoms with van der Waals surface area (Å²) in [5.41, 5.74) is 0.988. The first-order valence-electron chi connectivity index (χ1n) is 7.43. The Morgan fingerprint density at radius 1 is 1.24 bits per heavy atom. The van der Waals surface area contributed by atoms with Gasteiger partial charge in [-0.25, -0.2) is 9.97 Å². The van der Waals surface area contributed by atoms with E-state index < -0.39 is 0 Å². The van der Waals surface area contributed by atoms with Crippen molar-refractivity contribution in [3.8, 4) is 5.88 Å². The number of methoxy groups -OCH3 is 1. The molecule has 0 aliphatic rings. The Morgan fingerprint density at radius 2 is 2.05 bits per heavy atom. The van der Waals surface area contributed by atoms with Gasteiger partial charge in [0.25, 0.3) is 0 Å². The smallest absolute Gasteiger partial charge is 0.216 e. The van der Waals surface area contributed by atoms with Crippen LogP contribution in [0.15, 0.2) is 24.5 Å². The van der Waals surface area contributed by atoms with Crippen molar-refractivity contribution in [1.29, 1.82) is 0 Å². The summed E-state index contributed by atoms with van der Waals surface area (Å²) in [4.78, 5) is 11.3. The quantitative estimate of drug-likeness (QED) is 0.812. The van der Waals surface area contributed by atoms with Gasteiger partial charge in [-0.2, -0.15) is 0 Å². The van der Waals surface area contributed by atoms with Crippen LogP contribution in [0.25, 0.3) is 0 Å². The molecular formula is C16H23N3OS. The van der Waals surface area contributed by atoms with E-state index >= 15 is 0 Å². The van der Waals surface area contributed by atoms with E-state index in [-0.39, 0.29) is 6.04 Å². The standard InChI is InChI=1S/C16H23N3OS/c1-4-8-17-14(9-13-7-6-12(5-2)21-13)15-10-16(20-3)19-11-18-15/h6-7,10-11,14,17H,4-5,8-9H2,1-3H3. The average Bonchev–Trinajstić information content (AvgIpc) is 2.99. The molecule has 5 heteroatoms. The van der Waals surface area contributed by atoms with E-state index in [4.69, 9.17) is 4.74 Å². The molecule has 2 aromatic heterocycles. The zero-order valence-electron chi connectivity index (χ0n) is 12.9. The number of nitrogens with zero attached hydrogens (tertiary/aromatic N) is 2. The van der Waals surface area contributed by atoms with E-state index in [1.807, 2.05) is 17.4 Å². The number of aryl methyl sites for hydroxylation is 1. The average molecular weight is 305 g/mol. The van der Waals surface area contributed by atoms with Gasteiger partial charge in [0.1, 0.15) is 6.33 Å². The minimum Gasteiger partial charge on any atom is -0.481 e. The van der Waals surface area contributed by atoms with Crippen molar-refractivity contribution in [2.75, 3.05) is 13.7 Å². The van der Waals surface area contributed by atoms with Crippen LogP contribution in [0.2, 0.25) is 0 Å². The van der Waals surface area contributed by atoms with E-state index in [2.05, 4.69) is 41.3 Å². The third kappa shape index (κ3) is 4.51. The molecule has 0 aliphatic heterocycles. The van der Waals surface area contributed by atoms with Gasteiger partial charge >= 0.3 is 0 Å². The van der Waals surface area contributed by atoms with Crippen molar-refractivity contribution in [3.63, 3.8) is 0 Å². The number of hydrogen-bond donors (Lipinski definition) is 1. The van der Waals surface area contributed by atoms with Crippen LogP contribution < -0.4 is 10.1 Å². The predicted molar refractivity (Wildman–Crippen MR) is 87.0 cm³/mol. The number of ether oxygens (including phenoxy) is 1. The monoisotopic (exact) mass is 305 g/mol. The molecule has 2 aromatic rings. The lowest BCUT2D eigenvalue weighted by atomic mass is 10.1. The van der Waals surface area contributed by atoms with E-state index in [1.165, 1.54) is 9.75 Å². The fourth-order valence-electron chi connectivity index (χ4n) is 2.18. The molecule has 2 rings (SSSR count). The molecule has 4 nitrogen and oxygen atoms in total. The van der Waals surface area contributed by atoms with Gasteiger partial charge in [0.15, 0.2) is 0 Å². The molecule has 0 spiro atoms. The SMILES string of the molecule is CCCNC(Cc1ccc(CC)s1)c1cc(OC)ncn1. The third-order valence-corrected chi connectivity index (χ3v) is 4.59. The largest absolute Gasteiger partial charge is 0.481 e. The number of hydrogen-bond acceptors (Lipinski definition) is 5. The highest BCUT2D eigenvalue weighted by atomic mass is 32.1. The van der Waals surface area contributed by atoms with Crippen molar-refractivity contribution in [1.82, 2.24) is 15.3 Å². The summed E-state index contributed by atoms with van der Waals surface area (Å²) in [5.74, 6) is 0.615. The molecule has 21 heavy (non-hydrogen) atoms. The minimum atomic E-state index is 0.199. The molecule has 1 unspecified atom stereocenters. The molecule has 2 heterocycles. The summed E-state index contributed by atoms with van der Waals surface area (Å²) in [6.07, 6.45) is 4.72. The fourth-order valence-corrected chi connectivity index (χ4v) is 3.18. The summed E-state index contributed by atoms with van der Waals surface area (Å²) in [7, 11) is 1.63. The topological polar surface area (TPSA) is 47.0 Å². The maximum atomic E-state index is 5.20.